The van der Waals surface area contributed by atoms with Gasteiger partial charge in [0.1, 0.15) is 12.1 Å². The fourth-order valence-corrected chi connectivity index (χ4v) is 3.66. The molecule has 0 aromatic heterocycles. The third-order valence-corrected chi connectivity index (χ3v) is 5.38. The number of para-hydroxylation sites is 1. The van der Waals surface area contributed by atoms with Crippen LogP contribution in [-0.4, -0.2) is 35.3 Å². The Morgan fingerprint density at radius 3 is 2.31 bits per heavy atom. The van der Waals surface area contributed by atoms with Gasteiger partial charge in [0.25, 0.3) is 5.91 Å². The summed E-state index contributed by atoms with van der Waals surface area (Å²) in [6.07, 6.45) is 0. The van der Waals surface area contributed by atoms with Gasteiger partial charge in [-0.1, -0.05) is 41.9 Å². The molecule has 0 heterocycles. The van der Waals surface area contributed by atoms with Crippen molar-refractivity contribution >= 4 is 40.8 Å². The molecule has 1 unspecified atom stereocenters. The van der Waals surface area contributed by atoms with Gasteiger partial charge in [-0.2, -0.15) is 9.98 Å². The maximum atomic E-state index is 13.5. The number of rotatable bonds is 6. The number of hydrogen-bond donors (Lipinski definition) is 1. The molecule has 0 aliphatic rings. The summed E-state index contributed by atoms with van der Waals surface area (Å²) in [5, 5.41) is 3.52. The van der Waals surface area contributed by atoms with Gasteiger partial charge in [0.05, 0.1) is 11.4 Å². The lowest BCUT2D eigenvalue weighted by molar-refractivity contribution is -0.127. The zero-order valence-electron chi connectivity index (χ0n) is 20.5. The minimum atomic E-state index is -0.932. The summed E-state index contributed by atoms with van der Waals surface area (Å²) in [5.74, 6) is -0.636. The molecule has 0 bridgehead atoms. The van der Waals surface area contributed by atoms with E-state index in [2.05, 4.69) is 21.3 Å². The first-order valence-electron chi connectivity index (χ1n) is 11.2. The van der Waals surface area contributed by atoms with Crippen LogP contribution in [0.3, 0.4) is 0 Å². The smallest absolute Gasteiger partial charge is 0.254 e. The van der Waals surface area contributed by atoms with E-state index in [1.807, 2.05) is 64.1 Å². The van der Waals surface area contributed by atoms with Crippen molar-refractivity contribution < 1.29 is 9.59 Å². The highest BCUT2D eigenvalue weighted by atomic mass is 35.5. The number of nitrogens with one attached hydrogen (secondary N) is 1. The minimum Gasteiger partial charge on any atom is -0.349 e. The van der Waals surface area contributed by atoms with Gasteiger partial charge in [0.15, 0.2) is 0 Å². The zero-order valence-corrected chi connectivity index (χ0v) is 21.3. The molecular formula is C28H29ClN4O2. The first kappa shape index (κ1) is 25.9. The summed E-state index contributed by atoms with van der Waals surface area (Å²) >= 11 is 5.98. The lowest BCUT2D eigenvalue weighted by atomic mass is 9.99. The summed E-state index contributed by atoms with van der Waals surface area (Å²) in [7, 11) is 1.60. The van der Waals surface area contributed by atoms with Gasteiger partial charge in [-0.05, 0) is 75.7 Å². The van der Waals surface area contributed by atoms with E-state index in [1.54, 1.807) is 43.4 Å². The lowest BCUT2D eigenvalue weighted by Gasteiger charge is -2.31. The summed E-state index contributed by atoms with van der Waals surface area (Å²) < 4.78 is 0. The average Bonchev–Trinajstić information content (AvgIpc) is 2.79. The molecule has 0 radical (unpaired) electrons. The number of carbonyl (C=O) groups excluding carboxylic acids is 2. The van der Waals surface area contributed by atoms with Crippen LogP contribution in [0.4, 0.5) is 11.4 Å². The van der Waals surface area contributed by atoms with Gasteiger partial charge < -0.3 is 10.2 Å². The van der Waals surface area contributed by atoms with Gasteiger partial charge >= 0.3 is 0 Å². The third kappa shape index (κ3) is 7.12. The van der Waals surface area contributed by atoms with E-state index in [9.17, 15) is 9.59 Å². The van der Waals surface area contributed by atoms with Crippen LogP contribution in [-0.2, 0) is 4.79 Å². The Labute approximate surface area is 211 Å². The van der Waals surface area contributed by atoms with Crippen LogP contribution in [0.2, 0.25) is 5.02 Å². The van der Waals surface area contributed by atoms with Crippen LogP contribution in [0.25, 0.3) is 0 Å². The number of benzene rings is 3. The Morgan fingerprint density at radius 1 is 0.971 bits per heavy atom. The number of aryl methyl sites for hydroxylation is 1. The summed E-state index contributed by atoms with van der Waals surface area (Å²) in [5.41, 5.74) is 2.79. The molecule has 7 heteroatoms. The number of amides is 2. The Morgan fingerprint density at radius 2 is 1.66 bits per heavy atom. The summed E-state index contributed by atoms with van der Waals surface area (Å²) in [6.45, 7) is 7.65. The van der Waals surface area contributed by atoms with Crippen molar-refractivity contribution in [1.29, 1.82) is 0 Å². The molecule has 0 aliphatic carbocycles. The lowest BCUT2D eigenvalue weighted by Crippen LogP contribution is -2.48. The topological polar surface area (TPSA) is 74.1 Å². The van der Waals surface area contributed by atoms with Crippen molar-refractivity contribution in [3.05, 3.63) is 94.5 Å². The molecule has 0 spiro atoms. The van der Waals surface area contributed by atoms with Crippen LogP contribution in [0.15, 0.2) is 82.8 Å². The fourth-order valence-electron chi connectivity index (χ4n) is 3.53. The highest BCUT2D eigenvalue weighted by Crippen LogP contribution is 2.31. The first-order chi connectivity index (χ1) is 16.5. The van der Waals surface area contributed by atoms with Crippen molar-refractivity contribution in [3.63, 3.8) is 0 Å². The molecule has 35 heavy (non-hydrogen) atoms. The molecule has 0 saturated heterocycles. The average molecular weight is 489 g/mol. The number of halogens is 1. The number of hydrogen-bond acceptors (Lipinski definition) is 4. The van der Waals surface area contributed by atoms with Gasteiger partial charge in [-0.25, -0.2) is 0 Å². The first-order valence-corrected chi connectivity index (χ1v) is 11.6. The maximum absolute atomic E-state index is 13.5. The number of aliphatic imine (C=N–C) groups is 2. The van der Waals surface area contributed by atoms with Crippen molar-refractivity contribution in [2.45, 2.75) is 39.3 Å². The monoisotopic (exact) mass is 488 g/mol. The highest BCUT2D eigenvalue weighted by Gasteiger charge is 2.33. The van der Waals surface area contributed by atoms with Gasteiger partial charge in [-0.3, -0.25) is 9.59 Å². The second-order valence-corrected chi connectivity index (χ2v) is 9.72. The van der Waals surface area contributed by atoms with Crippen LogP contribution >= 0.6 is 11.6 Å². The second-order valence-electron chi connectivity index (χ2n) is 9.29. The predicted octanol–water partition coefficient (Wildman–Crippen LogP) is 6.51. The molecule has 0 aliphatic heterocycles. The Hall–Kier alpha value is -3.73. The molecule has 3 aromatic carbocycles. The van der Waals surface area contributed by atoms with Crippen molar-refractivity contribution in [1.82, 2.24) is 10.2 Å². The number of likely N-dealkylation sites (N-methyl/N-ethyl adjacent to an activating group) is 1. The Balaban J connectivity index is 2.03. The SMILES string of the molecule is Cc1cccc(N=C=Nc2ccccc2C(C(=O)NC(C)(C)C)N(C)C(=O)c2ccc(Cl)cc2)c1. The standard InChI is InChI=1S/C28H29ClN4O2/c1-19-9-8-10-22(17-19)30-18-31-24-12-7-6-11-23(24)25(26(34)32-28(2,3)4)33(5)27(35)20-13-15-21(29)16-14-20/h6-17,25H,1-5H3,(H,32,34). The highest BCUT2D eigenvalue weighted by molar-refractivity contribution is 6.30. The van der Waals surface area contributed by atoms with E-state index >= 15 is 0 Å². The van der Waals surface area contributed by atoms with Gasteiger partial charge in [0.2, 0.25) is 5.91 Å². The number of carbonyl (C=O) groups is 2. The van der Waals surface area contributed by atoms with Crippen LogP contribution in [0.5, 0.6) is 0 Å². The van der Waals surface area contributed by atoms with E-state index in [0.717, 1.165) is 11.3 Å². The normalized spacial score (nSPS) is 11.7. The van der Waals surface area contributed by atoms with Crippen LogP contribution in [0, 0.1) is 6.92 Å². The molecule has 6 nitrogen and oxygen atoms in total. The Bertz CT molecular complexity index is 1270. The third-order valence-electron chi connectivity index (χ3n) is 5.13. The van der Waals surface area contributed by atoms with Crippen LogP contribution in [0.1, 0.15) is 48.3 Å². The van der Waals surface area contributed by atoms with E-state index < -0.39 is 11.6 Å². The molecule has 0 fully saturated rings. The predicted molar refractivity (Wildman–Crippen MR) is 141 cm³/mol. The van der Waals surface area contributed by atoms with Crippen molar-refractivity contribution in [2.75, 3.05) is 7.05 Å². The molecule has 3 aromatic rings. The fraction of sp³-hybridized carbons (Fsp3) is 0.250. The van der Waals surface area contributed by atoms with E-state index in [4.69, 9.17) is 11.6 Å². The largest absolute Gasteiger partial charge is 0.349 e. The Kier molecular flexibility index (Phi) is 8.23. The maximum Gasteiger partial charge on any atom is 0.254 e. The molecule has 0 saturated carbocycles. The summed E-state index contributed by atoms with van der Waals surface area (Å²) in [6, 6.07) is 23.2. The van der Waals surface area contributed by atoms with E-state index in [-0.39, 0.29) is 11.8 Å². The van der Waals surface area contributed by atoms with Gasteiger partial charge in [0, 0.05) is 28.7 Å². The minimum absolute atomic E-state index is 0.317. The molecule has 2 amide bonds. The molecule has 3 rings (SSSR count). The molecule has 1 atom stereocenters. The quantitative estimate of drug-likeness (QED) is 0.401. The summed E-state index contributed by atoms with van der Waals surface area (Å²) in [4.78, 5) is 36.9. The van der Waals surface area contributed by atoms with Gasteiger partial charge in [-0.15, -0.1) is 0 Å². The van der Waals surface area contributed by atoms with Crippen molar-refractivity contribution in [2.24, 2.45) is 9.98 Å². The molecule has 1 N–H and O–H groups in total. The zero-order chi connectivity index (χ0) is 25.6. The second kappa shape index (κ2) is 11.1. The van der Waals surface area contributed by atoms with E-state index in [0.29, 0.717) is 21.8 Å². The van der Waals surface area contributed by atoms with E-state index in [1.165, 1.54) is 4.90 Å². The number of nitrogens with zero attached hydrogens (tertiary/aromatic N) is 3. The van der Waals surface area contributed by atoms with Crippen molar-refractivity contribution in [3.8, 4) is 0 Å². The molecular weight excluding hydrogens is 460 g/mol. The molecule has 180 valence electrons. The van der Waals surface area contributed by atoms with Crippen LogP contribution < -0.4 is 5.32 Å².